The van der Waals surface area contributed by atoms with Gasteiger partial charge in [0.2, 0.25) is 5.91 Å². The van der Waals surface area contributed by atoms with Crippen LogP contribution in [-0.4, -0.2) is 95.5 Å². The zero-order chi connectivity index (χ0) is 21.5. The zero-order valence-electron chi connectivity index (χ0n) is 18.2. The fourth-order valence-electron chi connectivity index (χ4n) is 4.96. The molecule has 4 saturated heterocycles. The van der Waals surface area contributed by atoms with Crippen LogP contribution in [0.1, 0.15) is 46.5 Å². The van der Waals surface area contributed by atoms with Gasteiger partial charge in [0.1, 0.15) is 24.4 Å². The first kappa shape index (κ1) is 21.9. The minimum atomic E-state index is -0.723. The first-order valence-corrected chi connectivity index (χ1v) is 11.1. The maximum Gasteiger partial charge on any atom is 0.237 e. The second-order valence-electron chi connectivity index (χ2n) is 9.72. The van der Waals surface area contributed by atoms with Crippen molar-refractivity contribution in [2.75, 3.05) is 32.7 Å². The molecule has 0 saturated carbocycles. The number of aliphatic hydroxyl groups excluding tert-OH is 1. The minimum Gasteiger partial charge on any atom is -0.387 e. The van der Waals surface area contributed by atoms with Crippen molar-refractivity contribution in [2.45, 2.75) is 88.4 Å². The van der Waals surface area contributed by atoms with Crippen LogP contribution in [0.25, 0.3) is 0 Å². The summed E-state index contributed by atoms with van der Waals surface area (Å²) in [5, 5.41) is 23.2. The molecule has 0 aromatic heterocycles. The van der Waals surface area contributed by atoms with Gasteiger partial charge in [0, 0.05) is 18.6 Å². The molecular weight excluding hydrogens is 388 g/mol. The molecule has 4 heterocycles. The quantitative estimate of drug-likeness (QED) is 0.646. The number of nitrogens with one attached hydrogen (secondary N) is 1. The van der Waals surface area contributed by atoms with Crippen LogP contribution in [0, 0.1) is 11.3 Å². The number of carbonyl (C=O) groups excluding carboxylic acids is 1. The Morgan fingerprint density at radius 2 is 1.97 bits per heavy atom. The molecule has 4 aliphatic heterocycles. The number of likely N-dealkylation sites (tertiary alicyclic amines) is 2. The Morgan fingerprint density at radius 3 is 2.63 bits per heavy atom. The number of nitrogens with zero attached hydrogens (tertiary/aromatic N) is 3. The Morgan fingerprint density at radius 1 is 1.23 bits per heavy atom. The first-order chi connectivity index (χ1) is 14.2. The number of rotatable bonds is 5. The molecule has 4 rings (SSSR count). The summed E-state index contributed by atoms with van der Waals surface area (Å²) >= 11 is 0. The van der Waals surface area contributed by atoms with E-state index >= 15 is 0 Å². The van der Waals surface area contributed by atoms with Gasteiger partial charge in [-0.3, -0.25) is 4.79 Å². The van der Waals surface area contributed by atoms with Crippen LogP contribution in [0.3, 0.4) is 0 Å². The van der Waals surface area contributed by atoms with E-state index in [0.717, 1.165) is 38.8 Å². The number of carbonyl (C=O) groups is 1. The van der Waals surface area contributed by atoms with E-state index in [1.807, 2.05) is 13.8 Å². The molecule has 4 aliphatic rings. The molecule has 0 unspecified atom stereocenters. The third-order valence-corrected chi connectivity index (χ3v) is 6.90. The van der Waals surface area contributed by atoms with Crippen molar-refractivity contribution in [3.63, 3.8) is 0 Å². The Hall–Kier alpha value is -1.28. The molecule has 30 heavy (non-hydrogen) atoms. The van der Waals surface area contributed by atoms with E-state index in [0.29, 0.717) is 13.1 Å². The van der Waals surface area contributed by atoms with E-state index in [1.165, 1.54) is 0 Å². The van der Waals surface area contributed by atoms with Crippen molar-refractivity contribution in [1.29, 1.82) is 5.26 Å². The van der Waals surface area contributed by atoms with Gasteiger partial charge in [-0.05, 0) is 59.5 Å². The van der Waals surface area contributed by atoms with Gasteiger partial charge < -0.3 is 34.4 Å². The molecule has 0 aromatic rings. The van der Waals surface area contributed by atoms with Gasteiger partial charge in [0.05, 0.1) is 12.6 Å². The number of nitriles is 1. The van der Waals surface area contributed by atoms with Crippen LogP contribution < -0.4 is 5.32 Å². The maximum atomic E-state index is 12.5. The van der Waals surface area contributed by atoms with Crippen LogP contribution in [0.15, 0.2) is 0 Å². The number of amides is 1. The third kappa shape index (κ3) is 4.49. The lowest BCUT2D eigenvalue weighted by Gasteiger charge is -2.41. The van der Waals surface area contributed by atoms with Crippen molar-refractivity contribution in [2.24, 2.45) is 0 Å². The topological polar surface area (TPSA) is 107 Å². The predicted molar refractivity (Wildman–Crippen MR) is 107 cm³/mol. The fourth-order valence-corrected chi connectivity index (χ4v) is 4.96. The average Bonchev–Trinajstić information content (AvgIpc) is 3.37. The van der Waals surface area contributed by atoms with Gasteiger partial charge in [0.25, 0.3) is 0 Å². The van der Waals surface area contributed by atoms with Gasteiger partial charge in [-0.15, -0.1) is 0 Å². The van der Waals surface area contributed by atoms with Crippen LogP contribution >= 0.6 is 0 Å². The second-order valence-corrected chi connectivity index (χ2v) is 9.72. The summed E-state index contributed by atoms with van der Waals surface area (Å²) in [6, 6.07) is 1.95. The standard InChI is InChI=1S/C21H34N4O5/c1-20(2)29-18-17(27)15(28-19(18)30-20)13-24-9-6-21(3,7-10-24)23-12-16(26)25-8-4-5-14(25)11-22/h14-15,17-19,23,27H,4-10,12-13H2,1-3H3/t14-,15+,17-,18+,19+/m0/s1. The molecule has 4 fully saturated rings. The molecule has 0 bridgehead atoms. The lowest BCUT2D eigenvalue weighted by molar-refractivity contribution is -0.216. The Kier molecular flexibility index (Phi) is 6.10. The summed E-state index contributed by atoms with van der Waals surface area (Å²) in [4.78, 5) is 16.5. The second kappa shape index (κ2) is 8.34. The Bertz CT molecular complexity index is 687. The van der Waals surface area contributed by atoms with Gasteiger partial charge >= 0.3 is 0 Å². The minimum absolute atomic E-state index is 0.0136. The molecule has 0 aliphatic carbocycles. The van der Waals surface area contributed by atoms with Crippen LogP contribution in [0.5, 0.6) is 0 Å². The SMILES string of the molecule is CC1(NCC(=O)N2CCC[C@H]2C#N)CCN(C[C@H]2O[C@@H]3OC(C)(C)O[C@@H]3[C@H]2O)CC1. The van der Waals surface area contributed by atoms with Crippen molar-refractivity contribution in [3.8, 4) is 6.07 Å². The monoisotopic (exact) mass is 422 g/mol. The van der Waals surface area contributed by atoms with Crippen LogP contribution in [-0.2, 0) is 19.0 Å². The van der Waals surface area contributed by atoms with Gasteiger partial charge in [-0.25, -0.2) is 0 Å². The van der Waals surface area contributed by atoms with Crippen LogP contribution in [0.2, 0.25) is 0 Å². The molecule has 0 radical (unpaired) electrons. The highest BCUT2D eigenvalue weighted by atomic mass is 16.8. The van der Waals surface area contributed by atoms with E-state index in [9.17, 15) is 15.2 Å². The smallest absolute Gasteiger partial charge is 0.237 e. The van der Waals surface area contributed by atoms with E-state index in [-0.39, 0.29) is 30.1 Å². The summed E-state index contributed by atoms with van der Waals surface area (Å²) < 4.78 is 17.4. The molecule has 9 nitrogen and oxygen atoms in total. The highest BCUT2D eigenvalue weighted by Crippen LogP contribution is 2.37. The van der Waals surface area contributed by atoms with E-state index in [4.69, 9.17) is 14.2 Å². The van der Waals surface area contributed by atoms with Crippen molar-refractivity contribution < 1.29 is 24.1 Å². The summed E-state index contributed by atoms with van der Waals surface area (Å²) in [6.07, 6.45) is 1.51. The molecule has 9 heteroatoms. The Balaban J connectivity index is 1.21. The summed E-state index contributed by atoms with van der Waals surface area (Å²) in [6.45, 7) is 9.10. The van der Waals surface area contributed by atoms with E-state index in [2.05, 4.69) is 23.2 Å². The lowest BCUT2D eigenvalue weighted by Crippen LogP contribution is -2.55. The Labute approximate surface area is 178 Å². The molecule has 168 valence electrons. The third-order valence-electron chi connectivity index (χ3n) is 6.90. The van der Waals surface area contributed by atoms with Crippen molar-refractivity contribution >= 4 is 5.91 Å². The molecule has 0 spiro atoms. The molecular formula is C21H34N4O5. The number of fused-ring (bicyclic) bond motifs is 1. The van der Waals surface area contributed by atoms with Gasteiger partial charge in [-0.1, -0.05) is 0 Å². The molecule has 0 aromatic carbocycles. The number of aliphatic hydroxyl groups is 1. The molecule has 1 amide bonds. The highest BCUT2D eigenvalue weighted by Gasteiger charge is 2.54. The van der Waals surface area contributed by atoms with E-state index in [1.54, 1.807) is 4.90 Å². The summed E-state index contributed by atoms with van der Waals surface area (Å²) in [5.41, 5.74) is -0.115. The van der Waals surface area contributed by atoms with Crippen LogP contribution in [0.4, 0.5) is 0 Å². The highest BCUT2D eigenvalue weighted by molar-refractivity contribution is 5.79. The van der Waals surface area contributed by atoms with E-state index < -0.39 is 24.3 Å². The van der Waals surface area contributed by atoms with Gasteiger partial charge in [-0.2, -0.15) is 5.26 Å². The number of hydrogen-bond donors (Lipinski definition) is 2. The number of piperidine rings is 1. The number of ether oxygens (including phenoxy) is 3. The van der Waals surface area contributed by atoms with Gasteiger partial charge in [0.15, 0.2) is 12.1 Å². The lowest BCUT2D eigenvalue weighted by atomic mass is 9.89. The predicted octanol–water partition coefficient (Wildman–Crippen LogP) is 0.182. The summed E-state index contributed by atoms with van der Waals surface area (Å²) in [7, 11) is 0. The summed E-state index contributed by atoms with van der Waals surface area (Å²) in [5.74, 6) is -0.709. The van der Waals surface area contributed by atoms with Crippen molar-refractivity contribution in [3.05, 3.63) is 0 Å². The maximum absolute atomic E-state index is 12.5. The normalized spacial score (nSPS) is 37.8. The molecule has 5 atom stereocenters. The fraction of sp³-hybridized carbons (Fsp3) is 0.905. The number of hydrogen-bond acceptors (Lipinski definition) is 8. The van der Waals surface area contributed by atoms with Crippen molar-refractivity contribution in [1.82, 2.24) is 15.1 Å². The first-order valence-electron chi connectivity index (χ1n) is 11.1. The average molecular weight is 423 g/mol. The molecule has 2 N–H and O–H groups in total. The zero-order valence-corrected chi connectivity index (χ0v) is 18.2. The largest absolute Gasteiger partial charge is 0.387 e.